The van der Waals surface area contributed by atoms with Crippen molar-refractivity contribution in [2.75, 3.05) is 12.4 Å². The molecule has 0 spiro atoms. The van der Waals surface area contributed by atoms with Gasteiger partial charge in [-0.15, -0.1) is 0 Å². The van der Waals surface area contributed by atoms with Crippen LogP contribution in [-0.4, -0.2) is 21.9 Å². The number of aromatic nitrogens is 3. The summed E-state index contributed by atoms with van der Waals surface area (Å²) < 4.78 is 14.9. The molecular weight excluding hydrogens is 468 g/mol. The quantitative estimate of drug-likeness (QED) is 0.407. The summed E-state index contributed by atoms with van der Waals surface area (Å²) in [4.78, 5) is 4.47. The molecule has 2 aliphatic heterocycles. The maximum Gasteiger partial charge on any atom is 0.226 e. The summed E-state index contributed by atoms with van der Waals surface area (Å²) in [6, 6.07) is 24.3. The first-order chi connectivity index (χ1) is 15.7. The van der Waals surface area contributed by atoms with Gasteiger partial charge in [0.25, 0.3) is 0 Å². The summed E-state index contributed by atoms with van der Waals surface area (Å²) >= 11 is 3.55. The van der Waals surface area contributed by atoms with Gasteiger partial charge in [0.05, 0.1) is 12.8 Å². The molecule has 7 heteroatoms. The second-order valence-corrected chi connectivity index (χ2v) is 8.62. The summed E-state index contributed by atoms with van der Waals surface area (Å²) in [6.45, 7) is 0. The molecule has 3 heterocycles. The molecule has 0 radical (unpaired) electrons. The molecule has 0 saturated carbocycles. The molecular formula is C25H19BrN4O2. The summed E-state index contributed by atoms with van der Waals surface area (Å²) in [5, 5.41) is 8.08. The Hall–Kier alpha value is -3.58. The Morgan fingerprint density at radius 2 is 1.72 bits per heavy atom. The third kappa shape index (κ3) is 3.00. The molecule has 2 aliphatic rings. The van der Waals surface area contributed by atoms with E-state index in [-0.39, 0.29) is 12.1 Å². The van der Waals surface area contributed by atoms with Crippen LogP contribution in [0.3, 0.4) is 0 Å². The largest absolute Gasteiger partial charge is 0.497 e. The summed E-state index contributed by atoms with van der Waals surface area (Å²) in [6.07, 6.45) is 1.28. The molecule has 0 bridgehead atoms. The molecule has 32 heavy (non-hydrogen) atoms. The first-order valence-electron chi connectivity index (χ1n) is 10.3. The average Bonchev–Trinajstić information content (AvgIpc) is 3.31. The van der Waals surface area contributed by atoms with Crippen molar-refractivity contribution in [3.63, 3.8) is 0 Å². The monoisotopic (exact) mass is 486 g/mol. The van der Waals surface area contributed by atoms with Gasteiger partial charge in [-0.2, -0.15) is 10.1 Å². The normalized spacial score (nSPS) is 18.7. The molecule has 1 N–H and O–H groups in total. The van der Waals surface area contributed by atoms with E-state index < -0.39 is 0 Å². The van der Waals surface area contributed by atoms with E-state index in [1.807, 2.05) is 47.1 Å². The predicted octanol–water partition coefficient (Wildman–Crippen LogP) is 5.61. The molecule has 2 atom stereocenters. The molecule has 0 unspecified atom stereocenters. The second kappa shape index (κ2) is 7.53. The Morgan fingerprint density at radius 3 is 2.50 bits per heavy atom. The van der Waals surface area contributed by atoms with Gasteiger partial charge in [0.2, 0.25) is 5.95 Å². The van der Waals surface area contributed by atoms with Crippen LogP contribution in [0.5, 0.6) is 11.5 Å². The lowest BCUT2D eigenvalue weighted by atomic mass is 9.84. The molecule has 0 fully saturated rings. The highest BCUT2D eigenvalue weighted by Crippen LogP contribution is 2.50. The first-order valence-corrected chi connectivity index (χ1v) is 11.1. The van der Waals surface area contributed by atoms with Crippen LogP contribution < -0.4 is 14.8 Å². The van der Waals surface area contributed by atoms with E-state index in [0.29, 0.717) is 5.95 Å². The van der Waals surface area contributed by atoms with Crippen LogP contribution in [0.4, 0.5) is 5.95 Å². The number of methoxy groups -OCH3 is 1. The van der Waals surface area contributed by atoms with Crippen molar-refractivity contribution in [2.45, 2.75) is 12.1 Å². The fraction of sp³-hybridized carbons (Fsp3) is 0.120. The van der Waals surface area contributed by atoms with Gasteiger partial charge in [-0.25, -0.2) is 4.68 Å². The van der Waals surface area contributed by atoms with Crippen molar-refractivity contribution in [1.82, 2.24) is 14.8 Å². The van der Waals surface area contributed by atoms with E-state index >= 15 is 0 Å². The number of para-hydroxylation sites is 1. The van der Waals surface area contributed by atoms with Crippen LogP contribution in [0.25, 0.3) is 5.70 Å². The smallest absolute Gasteiger partial charge is 0.226 e. The summed E-state index contributed by atoms with van der Waals surface area (Å²) in [5.74, 6) is 2.35. The van der Waals surface area contributed by atoms with Gasteiger partial charge in [-0.05, 0) is 47.5 Å². The van der Waals surface area contributed by atoms with Crippen LogP contribution >= 0.6 is 15.9 Å². The van der Waals surface area contributed by atoms with Crippen LogP contribution in [0, 0.1) is 0 Å². The van der Waals surface area contributed by atoms with E-state index in [0.717, 1.165) is 43.9 Å². The molecule has 0 amide bonds. The first kappa shape index (κ1) is 19.1. The third-order valence-corrected chi connectivity index (χ3v) is 6.45. The maximum absolute atomic E-state index is 6.62. The van der Waals surface area contributed by atoms with E-state index in [1.165, 1.54) is 0 Å². The average molecular weight is 487 g/mol. The van der Waals surface area contributed by atoms with Crippen molar-refractivity contribution in [3.8, 4) is 11.5 Å². The Morgan fingerprint density at radius 1 is 0.969 bits per heavy atom. The van der Waals surface area contributed by atoms with Crippen LogP contribution in [0.15, 0.2) is 89.2 Å². The van der Waals surface area contributed by atoms with Crippen molar-refractivity contribution in [3.05, 3.63) is 106 Å². The van der Waals surface area contributed by atoms with Gasteiger partial charge in [-0.1, -0.05) is 52.3 Å². The Balaban J connectivity index is 1.60. The zero-order chi connectivity index (χ0) is 21.7. The standard InChI is InChI=1S/C25H19BrN4O2/c1-31-18-12-8-16(9-13-18)24-21-22(19-4-2-3-5-20(19)32-24)29-25-27-14-28-30(25)23(21)15-6-10-17(26)11-7-15/h2-14,23-24H,1H3,(H,27,28,29)/t23-,24+/m1/s1. The SMILES string of the molecule is COc1ccc([C@@H]2Oc3ccccc3C3=C2[C@@H](c2ccc(Br)cc2)n2ncnc2N3)cc1. The molecule has 3 aromatic carbocycles. The minimum Gasteiger partial charge on any atom is -0.497 e. The molecule has 4 aromatic rings. The fourth-order valence-electron chi connectivity index (χ4n) is 4.44. The van der Waals surface area contributed by atoms with Crippen molar-refractivity contribution in [2.24, 2.45) is 0 Å². The highest BCUT2D eigenvalue weighted by Gasteiger charge is 2.40. The van der Waals surface area contributed by atoms with Gasteiger partial charge >= 0.3 is 0 Å². The number of ether oxygens (including phenoxy) is 2. The summed E-state index contributed by atoms with van der Waals surface area (Å²) in [5.41, 5.74) is 5.27. The van der Waals surface area contributed by atoms with Gasteiger partial charge in [-0.3, -0.25) is 0 Å². The van der Waals surface area contributed by atoms with Crippen molar-refractivity contribution < 1.29 is 9.47 Å². The lowest BCUT2D eigenvalue weighted by Crippen LogP contribution is -2.32. The molecule has 158 valence electrons. The Kier molecular flexibility index (Phi) is 4.50. The van der Waals surface area contributed by atoms with Crippen LogP contribution in [-0.2, 0) is 0 Å². The second-order valence-electron chi connectivity index (χ2n) is 7.70. The minimum atomic E-state index is -0.302. The number of fused-ring (bicyclic) bond motifs is 3. The zero-order valence-electron chi connectivity index (χ0n) is 17.2. The highest BCUT2D eigenvalue weighted by atomic mass is 79.9. The minimum absolute atomic E-state index is 0.169. The number of anilines is 1. The highest BCUT2D eigenvalue weighted by molar-refractivity contribution is 9.10. The third-order valence-electron chi connectivity index (χ3n) is 5.93. The van der Waals surface area contributed by atoms with Gasteiger partial charge in [0.15, 0.2) is 0 Å². The van der Waals surface area contributed by atoms with Crippen LogP contribution in [0.2, 0.25) is 0 Å². The van der Waals surface area contributed by atoms with Gasteiger partial charge in [0, 0.05) is 15.6 Å². The van der Waals surface area contributed by atoms with Crippen molar-refractivity contribution >= 4 is 27.6 Å². The summed E-state index contributed by atoms with van der Waals surface area (Å²) in [7, 11) is 1.67. The number of hydrogen-bond acceptors (Lipinski definition) is 5. The Labute approximate surface area is 193 Å². The fourth-order valence-corrected chi connectivity index (χ4v) is 4.70. The number of hydrogen-bond donors (Lipinski definition) is 1. The molecule has 0 saturated heterocycles. The number of nitrogens with one attached hydrogen (secondary N) is 1. The lowest BCUT2D eigenvalue weighted by molar-refractivity contribution is 0.223. The lowest BCUT2D eigenvalue weighted by Gasteiger charge is -2.39. The Bertz CT molecular complexity index is 1330. The molecule has 6 rings (SSSR count). The molecule has 0 aliphatic carbocycles. The maximum atomic E-state index is 6.62. The van der Waals surface area contributed by atoms with E-state index in [9.17, 15) is 0 Å². The number of nitrogens with zero attached hydrogens (tertiary/aromatic N) is 3. The van der Waals surface area contributed by atoms with Crippen molar-refractivity contribution in [1.29, 1.82) is 0 Å². The topological polar surface area (TPSA) is 61.2 Å². The molecule has 1 aromatic heterocycles. The van der Waals surface area contributed by atoms with Crippen LogP contribution in [0.1, 0.15) is 28.8 Å². The number of rotatable bonds is 3. The van der Waals surface area contributed by atoms with E-state index in [2.05, 4.69) is 61.7 Å². The number of benzene rings is 3. The van der Waals surface area contributed by atoms with Gasteiger partial charge < -0.3 is 14.8 Å². The van der Waals surface area contributed by atoms with E-state index in [1.54, 1.807) is 13.4 Å². The van der Waals surface area contributed by atoms with Gasteiger partial charge in [0.1, 0.15) is 30.0 Å². The number of halogens is 1. The van der Waals surface area contributed by atoms with E-state index in [4.69, 9.17) is 9.47 Å². The zero-order valence-corrected chi connectivity index (χ0v) is 18.8. The molecule has 6 nitrogen and oxygen atoms in total. The predicted molar refractivity (Wildman–Crippen MR) is 126 cm³/mol.